The van der Waals surface area contributed by atoms with Gasteiger partial charge in [0.2, 0.25) is 0 Å². The van der Waals surface area contributed by atoms with Crippen LogP contribution in [0.5, 0.6) is 5.88 Å². The molecule has 2 aromatic carbocycles. The summed E-state index contributed by atoms with van der Waals surface area (Å²) < 4.78 is 0. The molecule has 0 amide bonds. The number of aromatic hydroxyl groups is 1. The number of H-pyrrole nitrogens is 1. The largest absolute Gasteiger partial charge is 0.494 e. The van der Waals surface area contributed by atoms with Crippen LogP contribution in [0.2, 0.25) is 0 Å². The predicted molar refractivity (Wildman–Crippen MR) is 93.5 cm³/mol. The van der Waals surface area contributed by atoms with Crippen LogP contribution < -0.4 is 5.73 Å². The topological polar surface area (TPSA) is 74.4 Å². The van der Waals surface area contributed by atoms with Gasteiger partial charge >= 0.3 is 0 Å². The van der Waals surface area contributed by atoms with Crippen LogP contribution in [0, 0.1) is 0 Å². The van der Waals surface area contributed by atoms with Crippen molar-refractivity contribution in [2.45, 2.75) is 25.8 Å². The number of nitrogens with two attached hydrogens (primary N) is 1. The predicted octanol–water partition coefficient (Wildman–Crippen LogP) is 3.74. The number of nitrogens with one attached hydrogen (secondary N) is 1. The van der Waals surface area contributed by atoms with Crippen molar-refractivity contribution in [1.82, 2.24) is 4.98 Å². The lowest BCUT2D eigenvalue weighted by Gasteiger charge is -2.22. The van der Waals surface area contributed by atoms with Gasteiger partial charge < -0.3 is 15.8 Å². The van der Waals surface area contributed by atoms with Gasteiger partial charge in [0.1, 0.15) is 0 Å². The standard InChI is InChI=1S/C19H19N3O/c1-19(2)13-5-3-4-6-15(13)21-17(19)16-12-9-11(10-20)7-8-14(12)22-18(16)23/h3-9,22-23H,10,20H2,1-2H3. The fourth-order valence-corrected chi connectivity index (χ4v) is 3.45. The van der Waals surface area contributed by atoms with Gasteiger partial charge in [0.15, 0.2) is 5.88 Å². The first-order chi connectivity index (χ1) is 11.0. The van der Waals surface area contributed by atoms with Crippen LogP contribution in [-0.2, 0) is 12.0 Å². The van der Waals surface area contributed by atoms with E-state index in [4.69, 9.17) is 10.7 Å². The molecule has 0 saturated carbocycles. The summed E-state index contributed by atoms with van der Waals surface area (Å²) in [6.45, 7) is 4.75. The zero-order valence-electron chi connectivity index (χ0n) is 13.2. The van der Waals surface area contributed by atoms with Gasteiger partial charge in [0.25, 0.3) is 0 Å². The Morgan fingerprint density at radius 1 is 1.17 bits per heavy atom. The van der Waals surface area contributed by atoms with Crippen molar-refractivity contribution in [2.24, 2.45) is 10.7 Å². The molecule has 1 aliphatic heterocycles. The van der Waals surface area contributed by atoms with Crippen LogP contribution in [0.25, 0.3) is 10.9 Å². The van der Waals surface area contributed by atoms with Gasteiger partial charge in [-0.05, 0) is 29.3 Å². The quantitative estimate of drug-likeness (QED) is 0.674. The SMILES string of the molecule is CC1(C)C(c2c(O)[nH]c3ccc(CN)cc23)=Nc2ccccc21. The van der Waals surface area contributed by atoms with Crippen molar-refractivity contribution in [3.63, 3.8) is 0 Å². The zero-order chi connectivity index (χ0) is 16.2. The van der Waals surface area contributed by atoms with Gasteiger partial charge in [-0.25, -0.2) is 0 Å². The lowest BCUT2D eigenvalue weighted by atomic mass is 9.79. The Morgan fingerprint density at radius 2 is 1.96 bits per heavy atom. The van der Waals surface area contributed by atoms with E-state index in [0.29, 0.717) is 6.54 Å². The van der Waals surface area contributed by atoms with E-state index in [1.54, 1.807) is 0 Å². The van der Waals surface area contributed by atoms with Crippen LogP contribution in [0.4, 0.5) is 5.69 Å². The van der Waals surface area contributed by atoms with E-state index in [-0.39, 0.29) is 11.3 Å². The molecule has 4 rings (SSSR count). The highest BCUT2D eigenvalue weighted by Crippen LogP contribution is 2.44. The summed E-state index contributed by atoms with van der Waals surface area (Å²) in [4.78, 5) is 7.87. The minimum atomic E-state index is -0.262. The van der Waals surface area contributed by atoms with Gasteiger partial charge in [0.05, 0.1) is 17.0 Å². The van der Waals surface area contributed by atoms with E-state index in [2.05, 4.69) is 24.9 Å². The van der Waals surface area contributed by atoms with Crippen LogP contribution in [0.1, 0.15) is 30.5 Å². The molecular weight excluding hydrogens is 286 g/mol. The molecule has 4 heteroatoms. The van der Waals surface area contributed by atoms with Crippen molar-refractivity contribution >= 4 is 22.3 Å². The summed E-state index contributed by atoms with van der Waals surface area (Å²) in [5.41, 5.74) is 11.2. The fourth-order valence-electron chi connectivity index (χ4n) is 3.45. The van der Waals surface area contributed by atoms with Crippen molar-refractivity contribution < 1.29 is 5.11 Å². The molecule has 0 bridgehead atoms. The maximum atomic E-state index is 10.5. The second-order valence-electron chi connectivity index (χ2n) is 6.54. The summed E-state index contributed by atoms with van der Waals surface area (Å²) in [5, 5.41) is 11.5. The maximum Gasteiger partial charge on any atom is 0.198 e. The third-order valence-electron chi connectivity index (χ3n) is 4.72. The van der Waals surface area contributed by atoms with E-state index in [9.17, 15) is 5.11 Å². The summed E-state index contributed by atoms with van der Waals surface area (Å²) in [6, 6.07) is 14.1. The highest BCUT2D eigenvalue weighted by molar-refractivity contribution is 6.20. The molecule has 0 aliphatic carbocycles. The molecule has 0 saturated heterocycles. The Hall–Kier alpha value is -2.59. The maximum absolute atomic E-state index is 10.5. The number of fused-ring (bicyclic) bond motifs is 2. The number of rotatable bonds is 2. The third kappa shape index (κ3) is 1.92. The number of para-hydroxylation sites is 1. The average molecular weight is 305 g/mol. The lowest BCUT2D eigenvalue weighted by Crippen LogP contribution is -2.26. The Kier molecular flexibility index (Phi) is 2.87. The van der Waals surface area contributed by atoms with E-state index >= 15 is 0 Å². The van der Waals surface area contributed by atoms with E-state index in [1.807, 2.05) is 36.4 Å². The van der Waals surface area contributed by atoms with Gasteiger partial charge in [-0.3, -0.25) is 4.99 Å². The minimum Gasteiger partial charge on any atom is -0.494 e. The molecule has 2 heterocycles. The number of benzene rings is 2. The van der Waals surface area contributed by atoms with Crippen molar-refractivity contribution in [3.8, 4) is 5.88 Å². The smallest absolute Gasteiger partial charge is 0.198 e. The molecule has 4 nitrogen and oxygen atoms in total. The molecule has 1 aliphatic rings. The van der Waals surface area contributed by atoms with Crippen molar-refractivity contribution in [1.29, 1.82) is 0 Å². The number of aromatic nitrogens is 1. The highest BCUT2D eigenvalue weighted by Gasteiger charge is 2.38. The lowest BCUT2D eigenvalue weighted by molar-refractivity contribution is 0.456. The number of nitrogens with zero attached hydrogens (tertiary/aromatic N) is 1. The normalized spacial score (nSPS) is 15.7. The summed E-state index contributed by atoms with van der Waals surface area (Å²) in [5.74, 6) is 0.161. The van der Waals surface area contributed by atoms with Crippen molar-refractivity contribution in [2.75, 3.05) is 0 Å². The molecular formula is C19H19N3O. The minimum absolute atomic E-state index is 0.161. The van der Waals surface area contributed by atoms with Gasteiger partial charge in [-0.15, -0.1) is 0 Å². The Bertz CT molecular complexity index is 950. The Labute approximate surface area is 134 Å². The van der Waals surface area contributed by atoms with Gasteiger partial charge in [-0.1, -0.05) is 38.1 Å². The molecule has 116 valence electrons. The molecule has 0 unspecified atom stereocenters. The third-order valence-corrected chi connectivity index (χ3v) is 4.72. The van der Waals surface area contributed by atoms with Gasteiger partial charge in [0, 0.05) is 22.9 Å². The first-order valence-corrected chi connectivity index (χ1v) is 7.75. The van der Waals surface area contributed by atoms with Crippen LogP contribution in [0.3, 0.4) is 0 Å². The second kappa shape index (κ2) is 4.70. The summed E-state index contributed by atoms with van der Waals surface area (Å²) >= 11 is 0. The van der Waals surface area contributed by atoms with Crippen LogP contribution >= 0.6 is 0 Å². The number of hydrogen-bond acceptors (Lipinski definition) is 3. The summed E-state index contributed by atoms with van der Waals surface area (Å²) in [6.07, 6.45) is 0. The highest BCUT2D eigenvalue weighted by atomic mass is 16.3. The van der Waals surface area contributed by atoms with Gasteiger partial charge in [-0.2, -0.15) is 0 Å². The average Bonchev–Trinajstić information content (AvgIpc) is 3.00. The van der Waals surface area contributed by atoms with Crippen LogP contribution in [-0.4, -0.2) is 15.8 Å². The summed E-state index contributed by atoms with van der Waals surface area (Å²) in [7, 11) is 0. The molecule has 0 spiro atoms. The molecule has 23 heavy (non-hydrogen) atoms. The number of hydrogen-bond donors (Lipinski definition) is 3. The number of aliphatic imine (C=N–C) groups is 1. The molecule has 0 atom stereocenters. The first kappa shape index (κ1) is 14.0. The first-order valence-electron chi connectivity index (χ1n) is 7.75. The number of aromatic amines is 1. The molecule has 4 N–H and O–H groups in total. The molecule has 0 fully saturated rings. The van der Waals surface area contributed by atoms with Crippen molar-refractivity contribution in [3.05, 3.63) is 59.2 Å². The second-order valence-corrected chi connectivity index (χ2v) is 6.54. The Balaban J connectivity index is 1.99. The fraction of sp³-hybridized carbons (Fsp3) is 0.211. The van der Waals surface area contributed by atoms with E-state index < -0.39 is 0 Å². The molecule has 3 aromatic rings. The Morgan fingerprint density at radius 3 is 2.70 bits per heavy atom. The van der Waals surface area contributed by atoms with E-state index in [1.165, 1.54) is 5.56 Å². The monoisotopic (exact) mass is 305 g/mol. The zero-order valence-corrected chi connectivity index (χ0v) is 13.2. The van der Waals surface area contributed by atoms with Crippen LogP contribution in [0.15, 0.2) is 47.5 Å². The molecule has 0 radical (unpaired) electrons. The van der Waals surface area contributed by atoms with E-state index in [0.717, 1.165) is 33.4 Å². The molecule has 1 aromatic heterocycles.